The summed E-state index contributed by atoms with van der Waals surface area (Å²) in [6.45, 7) is 2.49. The molecule has 0 aliphatic heterocycles. The van der Waals surface area contributed by atoms with Crippen molar-refractivity contribution in [3.05, 3.63) is 56.0 Å². The second-order valence-corrected chi connectivity index (χ2v) is 7.67. The van der Waals surface area contributed by atoms with Crippen LogP contribution in [-0.2, 0) is 24.3 Å². The van der Waals surface area contributed by atoms with Gasteiger partial charge in [-0.05, 0) is 42.0 Å². The number of hydrogen-bond donors (Lipinski definition) is 1. The van der Waals surface area contributed by atoms with Gasteiger partial charge in [0, 0.05) is 13.1 Å². The number of fused-ring (bicyclic) bond motifs is 1. The van der Waals surface area contributed by atoms with Crippen molar-refractivity contribution in [3.8, 4) is 11.5 Å². The Morgan fingerprint density at radius 3 is 2.57 bits per heavy atom. The fraction of sp³-hybridized carbons (Fsp3) is 0.381. The fourth-order valence-corrected chi connectivity index (χ4v) is 4.13. The fourth-order valence-electron chi connectivity index (χ4n) is 3.29. The zero-order valence-electron chi connectivity index (χ0n) is 17.3. The first-order valence-electron chi connectivity index (χ1n) is 9.68. The SMILES string of the molecule is CCCn1c(=O)c2sccc2n(CC(=O)NCCc2ccc(OC)c(OC)c2)c1=O. The highest BCUT2D eigenvalue weighted by Gasteiger charge is 2.16. The number of aromatic nitrogens is 2. The van der Waals surface area contributed by atoms with E-state index in [1.807, 2.05) is 25.1 Å². The lowest BCUT2D eigenvalue weighted by Crippen LogP contribution is -2.42. The van der Waals surface area contributed by atoms with E-state index in [2.05, 4.69) is 5.32 Å². The number of nitrogens with zero attached hydrogens (tertiary/aromatic N) is 2. The molecule has 30 heavy (non-hydrogen) atoms. The summed E-state index contributed by atoms with van der Waals surface area (Å²) in [5.74, 6) is 0.990. The molecule has 0 atom stereocenters. The Labute approximate surface area is 177 Å². The summed E-state index contributed by atoms with van der Waals surface area (Å²) in [7, 11) is 3.15. The third kappa shape index (κ3) is 4.40. The Bertz CT molecular complexity index is 1160. The molecule has 160 valence electrons. The number of methoxy groups -OCH3 is 2. The average Bonchev–Trinajstić information content (AvgIpc) is 3.24. The number of nitrogens with one attached hydrogen (secondary N) is 1. The van der Waals surface area contributed by atoms with Crippen molar-refractivity contribution in [1.82, 2.24) is 14.5 Å². The molecule has 0 fully saturated rings. The molecule has 0 saturated carbocycles. The van der Waals surface area contributed by atoms with Crippen LogP contribution in [0, 0.1) is 0 Å². The molecule has 1 aromatic carbocycles. The van der Waals surface area contributed by atoms with Crippen LogP contribution in [0.25, 0.3) is 10.2 Å². The number of amides is 1. The molecule has 0 aliphatic rings. The molecule has 0 radical (unpaired) electrons. The largest absolute Gasteiger partial charge is 0.493 e. The zero-order chi connectivity index (χ0) is 21.7. The monoisotopic (exact) mass is 431 g/mol. The highest BCUT2D eigenvalue weighted by molar-refractivity contribution is 7.17. The number of thiophene rings is 1. The summed E-state index contributed by atoms with van der Waals surface area (Å²) >= 11 is 1.28. The van der Waals surface area contributed by atoms with Crippen LogP contribution in [0.4, 0.5) is 0 Å². The Morgan fingerprint density at radius 1 is 1.10 bits per heavy atom. The van der Waals surface area contributed by atoms with Crippen molar-refractivity contribution in [2.75, 3.05) is 20.8 Å². The second kappa shape index (κ2) is 9.62. The molecular formula is C21H25N3O5S. The molecule has 0 bridgehead atoms. The van der Waals surface area contributed by atoms with Crippen molar-refractivity contribution in [2.24, 2.45) is 0 Å². The summed E-state index contributed by atoms with van der Waals surface area (Å²) in [5.41, 5.74) is 0.735. The van der Waals surface area contributed by atoms with E-state index in [9.17, 15) is 14.4 Å². The molecule has 0 unspecified atom stereocenters. The second-order valence-electron chi connectivity index (χ2n) is 6.75. The topological polar surface area (TPSA) is 91.6 Å². The minimum absolute atomic E-state index is 0.137. The number of benzene rings is 1. The Kier molecular flexibility index (Phi) is 6.94. The lowest BCUT2D eigenvalue weighted by Gasteiger charge is -2.12. The number of ether oxygens (including phenoxy) is 2. The Morgan fingerprint density at radius 2 is 1.87 bits per heavy atom. The van der Waals surface area contributed by atoms with Crippen molar-refractivity contribution in [2.45, 2.75) is 32.9 Å². The van der Waals surface area contributed by atoms with Crippen LogP contribution in [0.3, 0.4) is 0 Å². The van der Waals surface area contributed by atoms with Gasteiger partial charge in [0.1, 0.15) is 11.2 Å². The van der Waals surface area contributed by atoms with E-state index in [0.29, 0.717) is 47.6 Å². The molecule has 3 rings (SSSR count). The van der Waals surface area contributed by atoms with Crippen LogP contribution in [0.2, 0.25) is 0 Å². The van der Waals surface area contributed by atoms with Gasteiger partial charge in [-0.3, -0.25) is 18.7 Å². The quantitative estimate of drug-likeness (QED) is 0.560. The number of rotatable bonds is 9. The van der Waals surface area contributed by atoms with E-state index in [0.717, 1.165) is 5.56 Å². The van der Waals surface area contributed by atoms with Crippen LogP contribution in [0.5, 0.6) is 11.5 Å². The van der Waals surface area contributed by atoms with E-state index < -0.39 is 5.69 Å². The summed E-state index contributed by atoms with van der Waals surface area (Å²) < 4.78 is 13.6. The van der Waals surface area contributed by atoms with Gasteiger partial charge in [0.2, 0.25) is 5.91 Å². The highest BCUT2D eigenvalue weighted by atomic mass is 32.1. The van der Waals surface area contributed by atoms with E-state index in [1.165, 1.54) is 20.5 Å². The molecule has 9 heteroatoms. The first kappa shape index (κ1) is 21.6. The predicted molar refractivity (Wildman–Crippen MR) is 117 cm³/mol. The van der Waals surface area contributed by atoms with E-state index in [1.54, 1.807) is 25.7 Å². The smallest absolute Gasteiger partial charge is 0.332 e. The molecule has 1 N–H and O–H groups in total. The normalized spacial score (nSPS) is 10.9. The van der Waals surface area contributed by atoms with E-state index in [4.69, 9.17) is 9.47 Å². The molecule has 3 aromatic rings. The minimum atomic E-state index is -0.456. The molecule has 8 nitrogen and oxygen atoms in total. The molecule has 0 saturated heterocycles. The third-order valence-corrected chi connectivity index (χ3v) is 5.66. The Balaban J connectivity index is 1.71. The minimum Gasteiger partial charge on any atom is -0.493 e. The summed E-state index contributed by atoms with van der Waals surface area (Å²) in [6.07, 6.45) is 1.26. The highest BCUT2D eigenvalue weighted by Crippen LogP contribution is 2.27. The van der Waals surface area contributed by atoms with Crippen LogP contribution in [0.15, 0.2) is 39.2 Å². The average molecular weight is 432 g/mol. The predicted octanol–water partition coefficient (Wildman–Crippen LogP) is 2.01. The van der Waals surface area contributed by atoms with E-state index >= 15 is 0 Å². The van der Waals surface area contributed by atoms with Gasteiger partial charge in [0.05, 0.1) is 19.7 Å². The van der Waals surface area contributed by atoms with Crippen molar-refractivity contribution < 1.29 is 14.3 Å². The molecule has 1 amide bonds. The van der Waals surface area contributed by atoms with Crippen LogP contribution in [0.1, 0.15) is 18.9 Å². The van der Waals surface area contributed by atoms with Gasteiger partial charge in [-0.15, -0.1) is 11.3 Å². The van der Waals surface area contributed by atoms with Gasteiger partial charge in [0.25, 0.3) is 5.56 Å². The third-order valence-electron chi connectivity index (χ3n) is 4.77. The molecular weight excluding hydrogens is 406 g/mol. The van der Waals surface area contributed by atoms with Gasteiger partial charge >= 0.3 is 5.69 Å². The summed E-state index contributed by atoms with van der Waals surface area (Å²) in [4.78, 5) is 37.8. The Hall–Kier alpha value is -3.07. The molecule has 0 aliphatic carbocycles. The van der Waals surface area contributed by atoms with Gasteiger partial charge in [-0.2, -0.15) is 0 Å². The van der Waals surface area contributed by atoms with Crippen LogP contribution in [-0.4, -0.2) is 35.8 Å². The van der Waals surface area contributed by atoms with Gasteiger partial charge in [-0.1, -0.05) is 13.0 Å². The van der Waals surface area contributed by atoms with Crippen LogP contribution < -0.4 is 26.0 Å². The van der Waals surface area contributed by atoms with Crippen molar-refractivity contribution in [3.63, 3.8) is 0 Å². The van der Waals surface area contributed by atoms with Crippen molar-refractivity contribution >= 4 is 27.5 Å². The number of carbonyl (C=O) groups excluding carboxylic acids is 1. The lowest BCUT2D eigenvalue weighted by atomic mass is 10.1. The van der Waals surface area contributed by atoms with Gasteiger partial charge in [0.15, 0.2) is 11.5 Å². The van der Waals surface area contributed by atoms with Gasteiger partial charge in [-0.25, -0.2) is 4.79 Å². The first-order chi connectivity index (χ1) is 14.5. The summed E-state index contributed by atoms with van der Waals surface area (Å²) in [5, 5.41) is 4.60. The maximum atomic E-state index is 12.8. The molecule has 2 heterocycles. The molecule has 2 aromatic heterocycles. The molecule has 0 spiro atoms. The number of hydrogen-bond acceptors (Lipinski definition) is 6. The maximum absolute atomic E-state index is 12.8. The van der Waals surface area contributed by atoms with Crippen molar-refractivity contribution in [1.29, 1.82) is 0 Å². The van der Waals surface area contributed by atoms with Gasteiger partial charge < -0.3 is 14.8 Å². The summed E-state index contributed by atoms with van der Waals surface area (Å²) in [6, 6.07) is 7.30. The van der Waals surface area contributed by atoms with E-state index in [-0.39, 0.29) is 18.0 Å². The number of carbonyl (C=O) groups is 1. The zero-order valence-corrected chi connectivity index (χ0v) is 18.1. The maximum Gasteiger partial charge on any atom is 0.332 e. The standard InChI is InChI=1S/C21H25N3O5S/c1-4-10-23-20(26)19-15(8-11-30-19)24(21(23)27)13-18(25)22-9-7-14-5-6-16(28-2)17(12-14)29-3/h5-6,8,11-12H,4,7,9-10,13H2,1-3H3,(H,22,25). The van der Waals surface area contributed by atoms with Crippen LogP contribution >= 0.6 is 11.3 Å². The first-order valence-corrected chi connectivity index (χ1v) is 10.6. The lowest BCUT2D eigenvalue weighted by molar-refractivity contribution is -0.121.